The third-order valence-electron chi connectivity index (χ3n) is 4.92. The molecule has 1 amide bonds. The van der Waals surface area contributed by atoms with E-state index in [0.717, 1.165) is 42.7 Å². The molecule has 1 aliphatic rings. The Labute approximate surface area is 168 Å². The molecule has 1 saturated heterocycles. The Balaban J connectivity index is 0.00000210. The number of aryl methyl sites for hydroxylation is 3. The van der Waals surface area contributed by atoms with Crippen LogP contribution in [0.3, 0.4) is 0 Å². The van der Waals surface area contributed by atoms with Gasteiger partial charge in [-0.1, -0.05) is 0 Å². The molecule has 9 heteroatoms. The molecular formula is C18H23ClN6OS. The Hall–Kier alpha value is -2.03. The van der Waals surface area contributed by atoms with E-state index in [1.54, 1.807) is 16.0 Å². The van der Waals surface area contributed by atoms with Gasteiger partial charge in [-0.3, -0.25) is 14.8 Å². The minimum Gasteiger partial charge on any atom is -0.317 e. The maximum Gasteiger partial charge on any atom is 0.259 e. The van der Waals surface area contributed by atoms with Gasteiger partial charge in [-0.25, -0.2) is 9.97 Å². The molecule has 3 aromatic heterocycles. The van der Waals surface area contributed by atoms with E-state index in [2.05, 4.69) is 25.7 Å². The molecule has 0 aliphatic carbocycles. The molecule has 0 atom stereocenters. The number of halogens is 1. The topological polar surface area (TPSA) is 84.7 Å². The van der Waals surface area contributed by atoms with E-state index in [0.29, 0.717) is 22.3 Å². The van der Waals surface area contributed by atoms with E-state index in [1.807, 2.05) is 33.2 Å². The van der Waals surface area contributed by atoms with E-state index in [4.69, 9.17) is 0 Å². The minimum absolute atomic E-state index is 0. The first-order valence-corrected chi connectivity index (χ1v) is 9.63. The number of anilines is 1. The summed E-state index contributed by atoms with van der Waals surface area (Å²) in [6.45, 7) is 5.85. The van der Waals surface area contributed by atoms with Crippen molar-refractivity contribution < 1.29 is 4.79 Å². The second-order valence-electron chi connectivity index (χ2n) is 6.75. The molecule has 4 heterocycles. The highest BCUT2D eigenvalue weighted by Gasteiger charge is 2.20. The molecule has 144 valence electrons. The van der Waals surface area contributed by atoms with Gasteiger partial charge in [-0.2, -0.15) is 5.10 Å². The summed E-state index contributed by atoms with van der Waals surface area (Å²) in [7, 11) is 1.86. The SMILES string of the molecule is Cc1nc2c(cc1C(=O)Nc1ncc(C3CCNCC3)s1)c(C)nn2C.Cl. The van der Waals surface area contributed by atoms with Gasteiger partial charge in [0, 0.05) is 23.5 Å². The monoisotopic (exact) mass is 406 g/mol. The van der Waals surface area contributed by atoms with Crippen LogP contribution in [0.1, 0.15) is 45.4 Å². The molecule has 0 radical (unpaired) electrons. The number of nitrogens with zero attached hydrogens (tertiary/aromatic N) is 4. The molecule has 4 rings (SSSR count). The maximum absolute atomic E-state index is 12.8. The van der Waals surface area contributed by atoms with Gasteiger partial charge in [0.2, 0.25) is 0 Å². The van der Waals surface area contributed by atoms with Crippen LogP contribution in [0.15, 0.2) is 12.3 Å². The van der Waals surface area contributed by atoms with E-state index in [9.17, 15) is 4.79 Å². The zero-order valence-corrected chi connectivity index (χ0v) is 17.2. The number of amides is 1. The van der Waals surface area contributed by atoms with Crippen LogP contribution in [0.2, 0.25) is 0 Å². The lowest BCUT2D eigenvalue weighted by Crippen LogP contribution is -2.26. The van der Waals surface area contributed by atoms with Crippen molar-refractivity contribution in [2.45, 2.75) is 32.6 Å². The fourth-order valence-corrected chi connectivity index (χ4v) is 4.45. The molecule has 2 N–H and O–H groups in total. The molecule has 0 saturated carbocycles. The fourth-order valence-electron chi connectivity index (χ4n) is 3.47. The normalized spacial score (nSPS) is 14.9. The van der Waals surface area contributed by atoms with Gasteiger partial charge >= 0.3 is 0 Å². The molecule has 7 nitrogen and oxygen atoms in total. The molecule has 3 aromatic rings. The standard InChI is InChI=1S/C18H22N6OS.ClH/c1-10-14(8-13-11(2)23-24(3)16(13)21-10)17(25)22-18-20-9-15(26-18)12-4-6-19-7-5-12;/h8-9,12,19H,4-7H2,1-3H3,(H,20,22,25);1H. The number of rotatable bonds is 3. The largest absolute Gasteiger partial charge is 0.317 e. The molecule has 27 heavy (non-hydrogen) atoms. The zero-order valence-electron chi connectivity index (χ0n) is 15.6. The van der Waals surface area contributed by atoms with Gasteiger partial charge in [-0.15, -0.1) is 23.7 Å². The van der Waals surface area contributed by atoms with E-state index < -0.39 is 0 Å². The van der Waals surface area contributed by atoms with Gasteiger partial charge in [-0.05, 0) is 51.8 Å². The Bertz CT molecular complexity index is 976. The highest BCUT2D eigenvalue weighted by Crippen LogP contribution is 2.32. The molecule has 0 aromatic carbocycles. The summed E-state index contributed by atoms with van der Waals surface area (Å²) in [5.74, 6) is 0.364. The Morgan fingerprint density at radius 3 is 2.78 bits per heavy atom. The van der Waals surface area contributed by atoms with Crippen molar-refractivity contribution in [3.8, 4) is 0 Å². The summed E-state index contributed by atoms with van der Waals surface area (Å²) in [6.07, 6.45) is 4.14. The summed E-state index contributed by atoms with van der Waals surface area (Å²) in [5, 5.41) is 12.2. The third-order valence-corrected chi connectivity index (χ3v) is 5.99. The van der Waals surface area contributed by atoms with Crippen LogP contribution in [-0.2, 0) is 7.05 Å². The average Bonchev–Trinajstić information content (AvgIpc) is 3.20. The van der Waals surface area contributed by atoms with Crippen molar-refractivity contribution in [2.24, 2.45) is 7.05 Å². The van der Waals surface area contributed by atoms with Crippen LogP contribution in [-0.4, -0.2) is 38.7 Å². The number of hydrogen-bond acceptors (Lipinski definition) is 6. The minimum atomic E-state index is -0.175. The van der Waals surface area contributed by atoms with Gasteiger partial charge < -0.3 is 5.32 Å². The molecule has 1 fully saturated rings. The molecule has 0 spiro atoms. The molecule has 0 bridgehead atoms. The number of pyridine rings is 1. The predicted octanol–water partition coefficient (Wildman–Crippen LogP) is 3.18. The number of piperidine rings is 1. The number of carbonyl (C=O) groups is 1. The summed E-state index contributed by atoms with van der Waals surface area (Å²) in [5.41, 5.74) is 2.91. The highest BCUT2D eigenvalue weighted by atomic mass is 35.5. The second kappa shape index (κ2) is 7.92. The number of aromatic nitrogens is 4. The van der Waals surface area contributed by atoms with Gasteiger partial charge in [0.1, 0.15) is 0 Å². The van der Waals surface area contributed by atoms with Crippen LogP contribution in [0, 0.1) is 13.8 Å². The predicted molar refractivity (Wildman–Crippen MR) is 110 cm³/mol. The van der Waals surface area contributed by atoms with Crippen LogP contribution in [0.4, 0.5) is 5.13 Å². The van der Waals surface area contributed by atoms with E-state index in [1.165, 1.54) is 4.88 Å². The Morgan fingerprint density at radius 1 is 1.30 bits per heavy atom. The van der Waals surface area contributed by atoms with Gasteiger partial charge in [0.05, 0.1) is 17.0 Å². The van der Waals surface area contributed by atoms with E-state index >= 15 is 0 Å². The lowest BCUT2D eigenvalue weighted by atomic mass is 9.97. The zero-order chi connectivity index (χ0) is 18.3. The summed E-state index contributed by atoms with van der Waals surface area (Å²) < 4.78 is 1.74. The third kappa shape index (κ3) is 3.83. The van der Waals surface area contributed by atoms with Crippen molar-refractivity contribution in [2.75, 3.05) is 18.4 Å². The summed E-state index contributed by atoms with van der Waals surface area (Å²) >= 11 is 1.57. The molecule has 0 unspecified atom stereocenters. The average molecular weight is 407 g/mol. The first-order chi connectivity index (χ1) is 12.5. The van der Waals surface area contributed by atoms with Gasteiger partial charge in [0.15, 0.2) is 10.8 Å². The van der Waals surface area contributed by atoms with Crippen molar-refractivity contribution >= 4 is 45.8 Å². The first kappa shape index (κ1) is 19.7. The number of nitrogens with one attached hydrogen (secondary N) is 2. The number of hydrogen-bond donors (Lipinski definition) is 2. The van der Waals surface area contributed by atoms with Crippen LogP contribution >= 0.6 is 23.7 Å². The smallest absolute Gasteiger partial charge is 0.259 e. The first-order valence-electron chi connectivity index (χ1n) is 8.81. The van der Waals surface area contributed by atoms with Crippen LogP contribution < -0.4 is 10.6 Å². The van der Waals surface area contributed by atoms with Crippen molar-refractivity contribution in [1.82, 2.24) is 25.1 Å². The second-order valence-corrected chi connectivity index (χ2v) is 7.81. The summed E-state index contributed by atoms with van der Waals surface area (Å²) in [4.78, 5) is 23.0. The van der Waals surface area contributed by atoms with Crippen LogP contribution in [0.25, 0.3) is 11.0 Å². The number of thiazole rings is 1. The Morgan fingerprint density at radius 2 is 2.04 bits per heavy atom. The quantitative estimate of drug-likeness (QED) is 0.697. The highest BCUT2D eigenvalue weighted by molar-refractivity contribution is 7.15. The maximum atomic E-state index is 12.8. The van der Waals surface area contributed by atoms with Crippen molar-refractivity contribution in [1.29, 1.82) is 0 Å². The number of carbonyl (C=O) groups excluding carboxylic acids is 1. The number of fused-ring (bicyclic) bond motifs is 1. The van der Waals surface area contributed by atoms with E-state index in [-0.39, 0.29) is 18.3 Å². The van der Waals surface area contributed by atoms with Crippen molar-refractivity contribution in [3.63, 3.8) is 0 Å². The lowest BCUT2D eigenvalue weighted by molar-refractivity contribution is 0.102. The fraction of sp³-hybridized carbons (Fsp3) is 0.444. The Kier molecular flexibility index (Phi) is 5.78. The molecule has 1 aliphatic heterocycles. The lowest BCUT2D eigenvalue weighted by Gasteiger charge is -2.20. The van der Waals surface area contributed by atoms with Crippen LogP contribution in [0.5, 0.6) is 0 Å². The summed E-state index contributed by atoms with van der Waals surface area (Å²) in [6, 6.07) is 1.87. The van der Waals surface area contributed by atoms with Gasteiger partial charge in [0.25, 0.3) is 5.91 Å². The van der Waals surface area contributed by atoms with Crippen molar-refractivity contribution in [3.05, 3.63) is 34.1 Å². The molecular weight excluding hydrogens is 384 g/mol.